The van der Waals surface area contributed by atoms with Gasteiger partial charge in [-0.05, 0) is 41.5 Å². The molecule has 0 aliphatic heterocycles. The molecule has 0 radical (unpaired) electrons. The molecule has 0 fully saturated rings. The Bertz CT molecular complexity index is 1210. The van der Waals surface area contributed by atoms with Crippen LogP contribution in [0.5, 0.6) is 5.75 Å². The van der Waals surface area contributed by atoms with Crippen molar-refractivity contribution < 1.29 is 19.2 Å². The molecule has 0 heterocycles. The standard InChI is InChI=1S/C23H13Cl2NO5/c24-19-10-14(9-18-21(27)16-3-1-2-4-17(16)22(18)28)11-20(25)23(19)31-12-13-5-7-15(8-6-13)26(29)30/h1-11H,12H2. The van der Waals surface area contributed by atoms with Gasteiger partial charge in [0.1, 0.15) is 6.61 Å². The average molecular weight is 454 g/mol. The fourth-order valence-electron chi connectivity index (χ4n) is 3.24. The third kappa shape index (κ3) is 4.08. The maximum Gasteiger partial charge on any atom is 0.269 e. The van der Waals surface area contributed by atoms with Crippen LogP contribution < -0.4 is 4.74 Å². The maximum atomic E-state index is 12.6. The number of benzene rings is 3. The highest BCUT2D eigenvalue weighted by Gasteiger charge is 2.32. The number of hydrogen-bond acceptors (Lipinski definition) is 5. The molecule has 6 nitrogen and oxygen atoms in total. The normalized spacial score (nSPS) is 12.6. The summed E-state index contributed by atoms with van der Waals surface area (Å²) in [5, 5.41) is 11.1. The lowest BCUT2D eigenvalue weighted by Crippen LogP contribution is -2.01. The van der Waals surface area contributed by atoms with E-state index in [0.717, 1.165) is 0 Å². The minimum Gasteiger partial charge on any atom is -0.486 e. The highest BCUT2D eigenvalue weighted by atomic mass is 35.5. The second-order valence-corrected chi connectivity index (χ2v) is 7.60. The first-order valence-electron chi connectivity index (χ1n) is 9.10. The topological polar surface area (TPSA) is 86.5 Å². The molecular weight excluding hydrogens is 441 g/mol. The van der Waals surface area contributed by atoms with E-state index >= 15 is 0 Å². The number of ketones is 2. The molecule has 0 saturated heterocycles. The molecule has 0 unspecified atom stereocenters. The summed E-state index contributed by atoms with van der Waals surface area (Å²) in [6, 6.07) is 15.7. The van der Waals surface area contributed by atoms with Gasteiger partial charge in [-0.25, -0.2) is 0 Å². The van der Waals surface area contributed by atoms with Gasteiger partial charge in [0.15, 0.2) is 17.3 Å². The smallest absolute Gasteiger partial charge is 0.269 e. The van der Waals surface area contributed by atoms with E-state index in [2.05, 4.69) is 0 Å². The Morgan fingerprint density at radius 2 is 1.45 bits per heavy atom. The number of allylic oxidation sites excluding steroid dienone is 1. The lowest BCUT2D eigenvalue weighted by atomic mass is 10.1. The number of nitrogens with zero attached hydrogens (tertiary/aromatic N) is 1. The molecule has 0 saturated carbocycles. The van der Waals surface area contributed by atoms with Gasteiger partial charge in [-0.3, -0.25) is 19.7 Å². The summed E-state index contributed by atoms with van der Waals surface area (Å²) >= 11 is 12.6. The first-order valence-corrected chi connectivity index (χ1v) is 9.86. The van der Waals surface area contributed by atoms with Crippen LogP contribution in [0.25, 0.3) is 6.08 Å². The number of rotatable bonds is 5. The molecule has 0 atom stereocenters. The van der Waals surface area contributed by atoms with Gasteiger partial charge in [-0.15, -0.1) is 0 Å². The minimum absolute atomic E-state index is 0.0182. The molecule has 0 bridgehead atoms. The van der Waals surface area contributed by atoms with Crippen LogP contribution in [0, 0.1) is 10.1 Å². The van der Waals surface area contributed by atoms with E-state index in [9.17, 15) is 19.7 Å². The molecule has 0 aromatic heterocycles. The highest BCUT2D eigenvalue weighted by molar-refractivity contribution is 6.41. The third-order valence-corrected chi connectivity index (χ3v) is 5.33. The summed E-state index contributed by atoms with van der Waals surface area (Å²) in [6.07, 6.45) is 1.46. The van der Waals surface area contributed by atoms with Crippen LogP contribution in [-0.2, 0) is 6.61 Å². The number of carbonyl (C=O) groups is 2. The fraction of sp³-hybridized carbons (Fsp3) is 0.0435. The number of fused-ring (bicyclic) bond motifs is 1. The van der Waals surface area contributed by atoms with E-state index in [1.165, 1.54) is 18.2 Å². The van der Waals surface area contributed by atoms with E-state index < -0.39 is 4.92 Å². The molecule has 154 valence electrons. The van der Waals surface area contributed by atoms with Gasteiger partial charge in [0.05, 0.1) is 20.5 Å². The van der Waals surface area contributed by atoms with Gasteiger partial charge in [0.25, 0.3) is 5.69 Å². The molecular formula is C23H13Cl2NO5. The minimum atomic E-state index is -0.482. The number of halogens is 2. The van der Waals surface area contributed by atoms with Crippen molar-refractivity contribution in [2.24, 2.45) is 0 Å². The number of nitro benzene ring substituents is 1. The molecule has 0 spiro atoms. The third-order valence-electron chi connectivity index (χ3n) is 4.77. The van der Waals surface area contributed by atoms with Crippen molar-refractivity contribution >= 4 is 46.5 Å². The highest BCUT2D eigenvalue weighted by Crippen LogP contribution is 2.36. The Labute approximate surface area is 186 Å². The van der Waals surface area contributed by atoms with Gasteiger partial charge in [0.2, 0.25) is 0 Å². The number of nitro groups is 1. The number of hydrogen-bond donors (Lipinski definition) is 0. The van der Waals surface area contributed by atoms with Gasteiger partial charge < -0.3 is 4.74 Å². The van der Waals surface area contributed by atoms with Crippen molar-refractivity contribution in [3.8, 4) is 5.75 Å². The SMILES string of the molecule is O=C1C(=Cc2cc(Cl)c(OCc3ccc([N+](=O)[O-])cc3)c(Cl)c2)C(=O)c2ccccc21. The Kier molecular flexibility index (Phi) is 5.59. The summed E-state index contributed by atoms with van der Waals surface area (Å²) in [5.41, 5.74) is 1.97. The Hall–Kier alpha value is -3.48. The van der Waals surface area contributed by atoms with Gasteiger partial charge >= 0.3 is 0 Å². The monoisotopic (exact) mass is 453 g/mol. The van der Waals surface area contributed by atoms with Crippen LogP contribution in [-0.4, -0.2) is 16.5 Å². The van der Waals surface area contributed by atoms with Crippen LogP contribution in [0.1, 0.15) is 31.8 Å². The Morgan fingerprint density at radius 1 is 0.903 bits per heavy atom. The first kappa shape index (κ1) is 20.8. The number of carbonyl (C=O) groups excluding carboxylic acids is 2. The van der Waals surface area contributed by atoms with Crippen molar-refractivity contribution in [3.05, 3.63) is 109 Å². The number of Topliss-reactive ketones (excluding diaryl/α,β-unsaturated/α-hetero) is 2. The predicted octanol–water partition coefficient (Wildman–Crippen LogP) is 5.94. The molecule has 3 aromatic carbocycles. The lowest BCUT2D eigenvalue weighted by Gasteiger charge is -2.11. The van der Waals surface area contributed by atoms with E-state index in [1.54, 1.807) is 48.5 Å². The van der Waals surface area contributed by atoms with Crippen LogP contribution in [0.2, 0.25) is 10.0 Å². The lowest BCUT2D eigenvalue weighted by molar-refractivity contribution is -0.384. The van der Waals surface area contributed by atoms with Crippen molar-refractivity contribution in [2.75, 3.05) is 0 Å². The molecule has 8 heteroatoms. The number of ether oxygens (including phenoxy) is 1. The molecule has 4 rings (SSSR count). The second-order valence-electron chi connectivity index (χ2n) is 6.79. The fourth-order valence-corrected chi connectivity index (χ4v) is 3.85. The number of non-ortho nitro benzene ring substituents is 1. The van der Waals surface area contributed by atoms with Crippen molar-refractivity contribution in [1.82, 2.24) is 0 Å². The molecule has 1 aliphatic carbocycles. The van der Waals surface area contributed by atoms with Crippen LogP contribution in [0.15, 0.2) is 66.2 Å². The molecule has 1 aliphatic rings. The zero-order valence-electron chi connectivity index (χ0n) is 15.8. The predicted molar refractivity (Wildman–Crippen MR) is 117 cm³/mol. The summed E-state index contributed by atoms with van der Waals surface area (Å²) in [6.45, 7) is 0.101. The van der Waals surface area contributed by atoms with Crippen molar-refractivity contribution in [1.29, 1.82) is 0 Å². The van der Waals surface area contributed by atoms with Crippen LogP contribution in [0.4, 0.5) is 5.69 Å². The van der Waals surface area contributed by atoms with E-state index in [1.807, 2.05) is 0 Å². The van der Waals surface area contributed by atoms with Gasteiger partial charge in [-0.1, -0.05) is 47.5 Å². The quantitative estimate of drug-likeness (QED) is 0.206. The van der Waals surface area contributed by atoms with Crippen LogP contribution >= 0.6 is 23.2 Å². The summed E-state index contributed by atoms with van der Waals surface area (Å²) in [7, 11) is 0. The Balaban J connectivity index is 1.55. The van der Waals surface area contributed by atoms with Crippen molar-refractivity contribution in [2.45, 2.75) is 6.61 Å². The van der Waals surface area contributed by atoms with Crippen molar-refractivity contribution in [3.63, 3.8) is 0 Å². The second kappa shape index (κ2) is 8.34. The zero-order chi connectivity index (χ0) is 22.1. The zero-order valence-corrected chi connectivity index (χ0v) is 17.3. The van der Waals surface area contributed by atoms with Crippen LogP contribution in [0.3, 0.4) is 0 Å². The first-order chi connectivity index (χ1) is 14.8. The molecule has 31 heavy (non-hydrogen) atoms. The van der Waals surface area contributed by atoms with E-state index in [4.69, 9.17) is 27.9 Å². The van der Waals surface area contributed by atoms with Gasteiger partial charge in [0, 0.05) is 23.3 Å². The largest absolute Gasteiger partial charge is 0.486 e. The van der Waals surface area contributed by atoms with E-state index in [0.29, 0.717) is 22.3 Å². The van der Waals surface area contributed by atoms with E-state index in [-0.39, 0.29) is 45.2 Å². The molecule has 3 aromatic rings. The summed E-state index contributed by atoms with van der Waals surface area (Å²) in [4.78, 5) is 35.4. The molecule has 0 N–H and O–H groups in total. The van der Waals surface area contributed by atoms with Gasteiger partial charge in [-0.2, -0.15) is 0 Å². The average Bonchev–Trinajstić information content (AvgIpc) is 2.98. The summed E-state index contributed by atoms with van der Waals surface area (Å²) < 4.78 is 5.68. The maximum absolute atomic E-state index is 12.6. The summed E-state index contributed by atoms with van der Waals surface area (Å²) in [5.74, 6) is -0.450. The Morgan fingerprint density at radius 3 is 1.97 bits per heavy atom. The molecule has 0 amide bonds.